The van der Waals surface area contributed by atoms with Gasteiger partial charge in [0.2, 0.25) is 0 Å². The maximum atomic E-state index is 5.57. The van der Waals surface area contributed by atoms with Gasteiger partial charge >= 0.3 is 0 Å². The minimum atomic E-state index is 0.509. The van der Waals surface area contributed by atoms with Gasteiger partial charge in [-0.3, -0.25) is 0 Å². The Morgan fingerprint density at radius 2 is 2.00 bits per heavy atom. The van der Waals surface area contributed by atoms with E-state index in [0.717, 1.165) is 10.6 Å². The molecule has 0 spiro atoms. The second-order valence-electron chi connectivity index (χ2n) is 2.43. The average Bonchev–Trinajstić information content (AvgIpc) is 2.25. The predicted octanol–water partition coefficient (Wildman–Crippen LogP) is 3.47. The van der Waals surface area contributed by atoms with Gasteiger partial charge in [-0.25, -0.2) is 0 Å². The first-order chi connectivity index (χ1) is 6.86. The third-order valence-corrected chi connectivity index (χ3v) is 2.49. The Balaban J connectivity index is 2.32. The average molecular weight is 231 g/mol. The molecule has 0 aliphatic rings. The van der Waals surface area contributed by atoms with E-state index in [-0.39, 0.29) is 0 Å². The molecule has 0 aliphatic carbocycles. The molecule has 0 atom stereocenters. The zero-order chi connectivity index (χ0) is 10.2. The van der Waals surface area contributed by atoms with Gasteiger partial charge in [0.25, 0.3) is 0 Å². The van der Waals surface area contributed by atoms with Crippen molar-refractivity contribution in [3.05, 3.63) is 37.1 Å². The molecule has 0 aliphatic heterocycles. The zero-order valence-corrected chi connectivity index (χ0v) is 9.18. The van der Waals surface area contributed by atoms with Crippen LogP contribution in [0.25, 0.3) is 0 Å². The number of rotatable bonds is 6. The highest BCUT2D eigenvalue weighted by Crippen LogP contribution is 2.23. The second-order valence-corrected chi connectivity index (χ2v) is 3.52. The van der Waals surface area contributed by atoms with Crippen molar-refractivity contribution in [1.82, 2.24) is 0 Å². The van der Waals surface area contributed by atoms with Crippen molar-refractivity contribution in [2.24, 2.45) is 0 Å². The number of benzene rings is 1. The molecule has 1 aromatic rings. The summed E-state index contributed by atoms with van der Waals surface area (Å²) in [5.74, 6) is 0.812. The lowest BCUT2D eigenvalue weighted by atomic mass is 10.3. The lowest BCUT2D eigenvalue weighted by Crippen LogP contribution is -2.03. The van der Waals surface area contributed by atoms with Crippen LogP contribution in [0.5, 0.6) is 5.75 Å². The van der Waals surface area contributed by atoms with Crippen molar-refractivity contribution in [3.63, 3.8) is 0 Å². The third-order valence-electron chi connectivity index (χ3n) is 1.50. The second kappa shape index (κ2) is 6.62. The topological polar surface area (TPSA) is 18.5 Å². The van der Waals surface area contributed by atoms with E-state index in [4.69, 9.17) is 20.2 Å². The smallest absolute Gasteiger partial charge is 0.122 e. The molecule has 0 unspecified atom stereocenters. The first-order valence-electron chi connectivity index (χ1n) is 4.11. The Labute approximate surface area is 92.4 Å². The largest absolute Gasteiger partial charge is 0.498 e. The van der Waals surface area contributed by atoms with E-state index < -0.39 is 0 Å². The van der Waals surface area contributed by atoms with Crippen molar-refractivity contribution in [2.45, 2.75) is 4.90 Å². The molecule has 2 nitrogen and oxygen atoms in total. The molecule has 0 saturated heterocycles. The molecule has 1 rings (SSSR count). The van der Waals surface area contributed by atoms with Crippen LogP contribution in [0.2, 0.25) is 0 Å². The number of halogens is 1. The Bertz CT molecular complexity index is 274. The van der Waals surface area contributed by atoms with Crippen LogP contribution in [0.1, 0.15) is 0 Å². The number of ether oxygens (including phenoxy) is 2. The van der Waals surface area contributed by atoms with Crippen molar-refractivity contribution >= 4 is 21.7 Å². The molecular weight excluding hydrogens is 220 g/mol. The summed E-state index contributed by atoms with van der Waals surface area (Å²) in [6.07, 6.45) is 1.40. The van der Waals surface area contributed by atoms with Gasteiger partial charge in [0.1, 0.15) is 19.0 Å². The summed E-state index contributed by atoms with van der Waals surface area (Å²) >= 11 is 0. The quantitative estimate of drug-likeness (QED) is 0.551. The predicted molar refractivity (Wildman–Crippen MR) is 59.8 cm³/mol. The van der Waals surface area contributed by atoms with Gasteiger partial charge in [-0.1, -0.05) is 6.58 Å². The Morgan fingerprint density at radius 3 is 2.57 bits per heavy atom. The minimum absolute atomic E-state index is 0.509. The van der Waals surface area contributed by atoms with E-state index in [1.54, 1.807) is 0 Å². The molecule has 76 valence electrons. The van der Waals surface area contributed by atoms with Gasteiger partial charge in [0.05, 0.1) is 6.26 Å². The molecule has 14 heavy (non-hydrogen) atoms. The molecule has 0 radical (unpaired) electrons. The SMILES string of the molecule is C=COCCOc1ccc(SCl)cc1. The highest BCUT2D eigenvalue weighted by atomic mass is 35.7. The molecule has 0 aromatic heterocycles. The molecular formula is C10H11ClO2S. The summed E-state index contributed by atoms with van der Waals surface area (Å²) in [4.78, 5) is 1.00. The summed E-state index contributed by atoms with van der Waals surface area (Å²) < 4.78 is 10.3. The van der Waals surface area contributed by atoms with Crippen molar-refractivity contribution in [2.75, 3.05) is 13.2 Å². The highest BCUT2D eigenvalue weighted by molar-refractivity contribution is 8.21. The van der Waals surface area contributed by atoms with E-state index in [9.17, 15) is 0 Å². The van der Waals surface area contributed by atoms with Gasteiger partial charge in [0, 0.05) is 4.90 Å². The summed E-state index contributed by atoms with van der Waals surface area (Å²) in [7, 11) is 6.76. The van der Waals surface area contributed by atoms with Gasteiger partial charge in [-0.15, -0.1) is 0 Å². The van der Waals surface area contributed by atoms with Crippen LogP contribution in [-0.4, -0.2) is 13.2 Å². The molecule has 0 heterocycles. The zero-order valence-electron chi connectivity index (χ0n) is 7.61. The summed E-state index contributed by atoms with van der Waals surface area (Å²) in [6, 6.07) is 7.56. The monoisotopic (exact) mass is 230 g/mol. The standard InChI is InChI=1S/C10H11ClO2S/c1-2-12-7-8-13-9-3-5-10(14-11)6-4-9/h2-6H,1,7-8H2. The summed E-state index contributed by atoms with van der Waals surface area (Å²) in [5.41, 5.74) is 0. The van der Waals surface area contributed by atoms with Gasteiger partial charge < -0.3 is 9.47 Å². The van der Waals surface area contributed by atoms with Crippen LogP contribution in [0.15, 0.2) is 42.0 Å². The fourth-order valence-corrected chi connectivity index (χ4v) is 1.43. The van der Waals surface area contributed by atoms with E-state index in [0.29, 0.717) is 13.2 Å². The number of hydrogen-bond acceptors (Lipinski definition) is 3. The Morgan fingerprint density at radius 1 is 1.29 bits per heavy atom. The van der Waals surface area contributed by atoms with Gasteiger partial charge in [0.15, 0.2) is 0 Å². The summed E-state index contributed by atoms with van der Waals surface area (Å²) in [5, 5.41) is 0. The van der Waals surface area contributed by atoms with Crippen molar-refractivity contribution in [3.8, 4) is 5.75 Å². The molecule has 0 N–H and O–H groups in total. The van der Waals surface area contributed by atoms with Crippen LogP contribution < -0.4 is 4.74 Å². The Kier molecular flexibility index (Phi) is 5.33. The van der Waals surface area contributed by atoms with Crippen LogP contribution in [0, 0.1) is 0 Å². The minimum Gasteiger partial charge on any atom is -0.498 e. The van der Waals surface area contributed by atoms with Crippen LogP contribution in [0.4, 0.5) is 0 Å². The maximum Gasteiger partial charge on any atom is 0.122 e. The van der Waals surface area contributed by atoms with Crippen molar-refractivity contribution < 1.29 is 9.47 Å². The van der Waals surface area contributed by atoms with Crippen molar-refractivity contribution in [1.29, 1.82) is 0 Å². The molecule has 0 saturated carbocycles. The molecule has 4 heteroatoms. The van der Waals surface area contributed by atoms with E-state index in [2.05, 4.69) is 6.58 Å². The fraction of sp³-hybridized carbons (Fsp3) is 0.200. The van der Waals surface area contributed by atoms with Crippen LogP contribution in [-0.2, 0) is 4.74 Å². The first-order valence-corrected chi connectivity index (χ1v) is 5.75. The maximum absolute atomic E-state index is 5.57. The van der Waals surface area contributed by atoms with Gasteiger partial charge in [-0.05, 0) is 45.9 Å². The summed E-state index contributed by atoms with van der Waals surface area (Å²) in [6.45, 7) is 4.46. The molecule has 0 bridgehead atoms. The van der Waals surface area contributed by atoms with E-state index in [1.807, 2.05) is 24.3 Å². The van der Waals surface area contributed by atoms with E-state index in [1.165, 1.54) is 17.2 Å². The van der Waals surface area contributed by atoms with Gasteiger partial charge in [-0.2, -0.15) is 0 Å². The first kappa shape index (κ1) is 11.3. The van der Waals surface area contributed by atoms with E-state index >= 15 is 0 Å². The fourth-order valence-electron chi connectivity index (χ4n) is 0.878. The third kappa shape index (κ3) is 3.94. The van der Waals surface area contributed by atoms with Crippen LogP contribution in [0.3, 0.4) is 0 Å². The lowest BCUT2D eigenvalue weighted by Gasteiger charge is -2.05. The normalized spacial score (nSPS) is 9.50. The molecule has 0 amide bonds. The molecule has 1 aromatic carbocycles. The van der Waals surface area contributed by atoms with Crippen LogP contribution >= 0.6 is 21.7 Å². The number of hydrogen-bond donors (Lipinski definition) is 0. The Hall–Kier alpha value is -0.800. The lowest BCUT2D eigenvalue weighted by molar-refractivity contribution is 0.179. The molecule has 0 fully saturated rings. The highest BCUT2D eigenvalue weighted by Gasteiger charge is 1.94.